The summed E-state index contributed by atoms with van der Waals surface area (Å²) in [5.74, 6) is -2.51. The van der Waals surface area contributed by atoms with E-state index in [2.05, 4.69) is 75.5 Å². The molecule has 4 unspecified atom stereocenters. The maximum atomic E-state index is 9.55. The van der Waals surface area contributed by atoms with Crippen molar-refractivity contribution in [2.75, 3.05) is 41.3 Å². The van der Waals surface area contributed by atoms with Gasteiger partial charge in [0, 0.05) is 37.3 Å². The summed E-state index contributed by atoms with van der Waals surface area (Å²) in [4.78, 5) is 28.6. The van der Waals surface area contributed by atoms with E-state index in [1.54, 1.807) is 0 Å². The summed E-state index contributed by atoms with van der Waals surface area (Å²) in [6.07, 6.45) is 2.37. The van der Waals surface area contributed by atoms with E-state index in [0.29, 0.717) is 24.5 Å². The Morgan fingerprint density at radius 1 is 0.731 bits per heavy atom. The van der Waals surface area contributed by atoms with Crippen molar-refractivity contribution in [2.24, 2.45) is 0 Å². The van der Waals surface area contributed by atoms with Gasteiger partial charge < -0.3 is 10.2 Å². The third kappa shape index (κ3) is 8.27. The Balaban J connectivity index is 0.000000362. The van der Waals surface area contributed by atoms with Crippen LogP contribution < -0.4 is 0 Å². The van der Waals surface area contributed by atoms with Crippen LogP contribution in [0, 0.1) is 0 Å². The second kappa shape index (κ2) is 11.3. The second-order valence-electron chi connectivity index (χ2n) is 7.18. The molecule has 0 aliphatic carbocycles. The van der Waals surface area contributed by atoms with Crippen molar-refractivity contribution in [3.8, 4) is 0 Å². The van der Waals surface area contributed by atoms with E-state index in [9.17, 15) is 9.59 Å². The molecule has 2 saturated heterocycles. The molecule has 2 heterocycles. The van der Waals surface area contributed by atoms with Crippen LogP contribution in [0.3, 0.4) is 0 Å². The van der Waals surface area contributed by atoms with E-state index in [4.69, 9.17) is 10.2 Å². The Kier molecular flexibility index (Phi) is 10.6. The van der Waals surface area contributed by atoms with Gasteiger partial charge in [0.05, 0.1) is 12.3 Å². The van der Waals surface area contributed by atoms with Crippen molar-refractivity contribution in [2.45, 2.75) is 52.1 Å². The van der Waals surface area contributed by atoms with Gasteiger partial charge in [0.2, 0.25) is 0 Å². The van der Waals surface area contributed by atoms with E-state index in [1.807, 2.05) is 0 Å². The first-order valence-electron chi connectivity index (χ1n) is 8.86. The minimum atomic E-state index is -1.26. The van der Waals surface area contributed by atoms with Crippen molar-refractivity contribution in [3.05, 3.63) is 12.2 Å². The van der Waals surface area contributed by atoms with Crippen molar-refractivity contribution < 1.29 is 19.8 Å². The zero-order valence-electron chi connectivity index (χ0n) is 17.4. The number of rotatable bonds is 2. The minimum absolute atomic E-state index is 0.558. The van der Waals surface area contributed by atoms with Gasteiger partial charge in [-0.3, -0.25) is 19.6 Å². The molecule has 0 spiro atoms. The highest BCUT2D eigenvalue weighted by molar-refractivity contribution is 5.89. The average molecular weight is 373 g/mol. The van der Waals surface area contributed by atoms with Crippen molar-refractivity contribution in [3.63, 3.8) is 0 Å². The lowest BCUT2D eigenvalue weighted by Gasteiger charge is -2.21. The fourth-order valence-corrected chi connectivity index (χ4v) is 2.90. The average Bonchev–Trinajstić information content (AvgIpc) is 2.91. The Bertz CT molecular complexity index is 420. The van der Waals surface area contributed by atoms with Crippen LogP contribution in [0.1, 0.15) is 27.7 Å². The van der Waals surface area contributed by atoms with Gasteiger partial charge in [-0.2, -0.15) is 0 Å². The van der Waals surface area contributed by atoms with Gasteiger partial charge in [-0.1, -0.05) is 0 Å². The van der Waals surface area contributed by atoms with E-state index in [-0.39, 0.29) is 0 Å². The fourth-order valence-electron chi connectivity index (χ4n) is 2.90. The molecular weight excluding hydrogens is 336 g/mol. The summed E-state index contributed by atoms with van der Waals surface area (Å²) in [5, 5.41) is 15.6. The molecule has 152 valence electrons. The van der Waals surface area contributed by atoms with E-state index in [1.165, 1.54) is 13.1 Å². The molecule has 4 atom stereocenters. The number of carboxylic acids is 2. The SMILES string of the molecule is CC1CN(C)C(C)N1C.CC1CN(C)C(C)N1C.O=C(O)C=CC(=O)O. The van der Waals surface area contributed by atoms with Crippen LogP contribution in [0.5, 0.6) is 0 Å². The van der Waals surface area contributed by atoms with Gasteiger partial charge >= 0.3 is 11.9 Å². The van der Waals surface area contributed by atoms with Gasteiger partial charge in [-0.25, -0.2) is 9.59 Å². The Labute approximate surface area is 157 Å². The predicted octanol–water partition coefficient (Wildman–Crippen LogP) is 0.908. The Morgan fingerprint density at radius 2 is 1.00 bits per heavy atom. The minimum Gasteiger partial charge on any atom is -0.478 e. The lowest BCUT2D eigenvalue weighted by atomic mass is 10.3. The molecule has 8 nitrogen and oxygen atoms in total. The van der Waals surface area contributed by atoms with E-state index in [0.717, 1.165) is 12.1 Å². The number of carboxylic acid groups (broad SMARTS) is 2. The summed E-state index contributed by atoms with van der Waals surface area (Å²) < 4.78 is 0. The fraction of sp³-hybridized carbons (Fsp3) is 0.778. The number of likely N-dealkylation sites (N-methyl/N-ethyl adjacent to an activating group) is 4. The molecule has 0 saturated carbocycles. The molecule has 2 rings (SSSR count). The third-order valence-corrected chi connectivity index (χ3v) is 5.32. The van der Waals surface area contributed by atoms with Crippen LogP contribution in [-0.4, -0.2) is 107 Å². The molecule has 0 radical (unpaired) electrons. The molecule has 0 amide bonds. The zero-order chi connectivity index (χ0) is 20.6. The molecule has 2 aliphatic rings. The van der Waals surface area contributed by atoms with Crippen molar-refractivity contribution >= 4 is 11.9 Å². The smallest absolute Gasteiger partial charge is 0.328 e. The standard InChI is InChI=1S/2C7H16N2.C4H4O4/c2*1-6-5-8(3)7(2)9(6)4;5-3(6)1-2-4(7)8/h2*6-7H,5H2,1-4H3;1-2H,(H,5,6)(H,7,8). The van der Waals surface area contributed by atoms with Gasteiger partial charge in [-0.05, 0) is 55.9 Å². The van der Waals surface area contributed by atoms with Crippen molar-refractivity contribution in [1.82, 2.24) is 19.6 Å². The van der Waals surface area contributed by atoms with E-state index < -0.39 is 11.9 Å². The number of carbonyl (C=O) groups is 2. The lowest BCUT2D eigenvalue weighted by Crippen LogP contribution is -2.32. The van der Waals surface area contributed by atoms with Gasteiger partial charge in [0.25, 0.3) is 0 Å². The number of hydrogen-bond donors (Lipinski definition) is 2. The molecule has 0 aromatic rings. The van der Waals surface area contributed by atoms with Crippen LogP contribution >= 0.6 is 0 Å². The number of aliphatic carboxylic acids is 2. The first-order valence-corrected chi connectivity index (χ1v) is 8.86. The Hall–Kier alpha value is -1.48. The molecule has 0 aromatic carbocycles. The largest absolute Gasteiger partial charge is 0.478 e. The van der Waals surface area contributed by atoms with Crippen LogP contribution in [0.25, 0.3) is 0 Å². The van der Waals surface area contributed by atoms with Gasteiger partial charge in [0.1, 0.15) is 0 Å². The molecular formula is C18H36N4O4. The molecule has 8 heteroatoms. The summed E-state index contributed by atoms with van der Waals surface area (Å²) in [6.45, 7) is 11.4. The lowest BCUT2D eigenvalue weighted by molar-refractivity contribution is -0.134. The maximum Gasteiger partial charge on any atom is 0.328 e. The first-order chi connectivity index (χ1) is 11.9. The first kappa shape index (κ1) is 24.5. The zero-order valence-corrected chi connectivity index (χ0v) is 17.4. The topological polar surface area (TPSA) is 87.6 Å². The number of nitrogens with zero attached hydrogens (tertiary/aromatic N) is 4. The summed E-state index contributed by atoms with van der Waals surface area (Å²) in [6, 6.07) is 1.45. The predicted molar refractivity (Wildman–Crippen MR) is 103 cm³/mol. The Morgan fingerprint density at radius 3 is 1.08 bits per heavy atom. The van der Waals surface area contributed by atoms with Gasteiger partial charge in [-0.15, -0.1) is 0 Å². The molecule has 2 aliphatic heterocycles. The summed E-state index contributed by atoms with van der Waals surface area (Å²) in [7, 11) is 8.70. The maximum absolute atomic E-state index is 9.55. The molecule has 2 fully saturated rings. The third-order valence-electron chi connectivity index (χ3n) is 5.32. The molecule has 26 heavy (non-hydrogen) atoms. The second-order valence-corrected chi connectivity index (χ2v) is 7.18. The van der Waals surface area contributed by atoms with Crippen LogP contribution in [0.15, 0.2) is 12.2 Å². The monoisotopic (exact) mass is 372 g/mol. The van der Waals surface area contributed by atoms with E-state index >= 15 is 0 Å². The van der Waals surface area contributed by atoms with Crippen LogP contribution in [0.2, 0.25) is 0 Å². The highest BCUT2D eigenvalue weighted by Gasteiger charge is 2.28. The summed E-state index contributed by atoms with van der Waals surface area (Å²) in [5.41, 5.74) is 0. The molecule has 0 bridgehead atoms. The normalized spacial score (nSPS) is 30.6. The summed E-state index contributed by atoms with van der Waals surface area (Å²) >= 11 is 0. The van der Waals surface area contributed by atoms with Crippen LogP contribution in [0.4, 0.5) is 0 Å². The highest BCUT2D eigenvalue weighted by atomic mass is 16.4. The number of hydrogen-bond acceptors (Lipinski definition) is 6. The highest BCUT2D eigenvalue weighted by Crippen LogP contribution is 2.15. The van der Waals surface area contributed by atoms with Crippen LogP contribution in [-0.2, 0) is 9.59 Å². The van der Waals surface area contributed by atoms with Gasteiger partial charge in [0.15, 0.2) is 0 Å². The van der Waals surface area contributed by atoms with Crippen molar-refractivity contribution in [1.29, 1.82) is 0 Å². The molecule has 2 N–H and O–H groups in total. The molecule has 0 aromatic heterocycles. The quantitative estimate of drug-likeness (QED) is 0.692.